The zero-order valence-corrected chi connectivity index (χ0v) is 13.3. The van der Waals surface area contributed by atoms with Gasteiger partial charge in [0.2, 0.25) is 0 Å². The molecule has 118 valence electrons. The van der Waals surface area contributed by atoms with Crippen molar-refractivity contribution < 1.29 is 5.11 Å². The van der Waals surface area contributed by atoms with E-state index in [-0.39, 0.29) is 6.04 Å². The number of benzene rings is 3. The summed E-state index contributed by atoms with van der Waals surface area (Å²) in [6, 6.07) is 21.0. The van der Waals surface area contributed by atoms with E-state index in [0.717, 1.165) is 6.42 Å². The number of hydrogen-bond donors (Lipinski definition) is 2. The Balaban J connectivity index is 1.69. The second-order valence-corrected chi connectivity index (χ2v) is 6.82. The fourth-order valence-electron chi connectivity index (χ4n) is 4.35. The van der Waals surface area contributed by atoms with E-state index in [0.29, 0.717) is 17.6 Å². The lowest BCUT2D eigenvalue weighted by molar-refractivity contribution is 0.425. The maximum absolute atomic E-state index is 9.61. The van der Waals surface area contributed by atoms with Crippen LogP contribution in [0.2, 0.25) is 0 Å². The van der Waals surface area contributed by atoms with Crippen LogP contribution in [-0.2, 0) is 0 Å². The molecular weight excluding hydrogens is 294 g/mol. The van der Waals surface area contributed by atoms with Gasteiger partial charge in [0.05, 0.1) is 6.04 Å². The van der Waals surface area contributed by atoms with Crippen molar-refractivity contribution in [3.05, 3.63) is 83.9 Å². The van der Waals surface area contributed by atoms with E-state index >= 15 is 0 Å². The molecule has 0 saturated carbocycles. The number of phenols is 1. The van der Waals surface area contributed by atoms with Gasteiger partial charge >= 0.3 is 0 Å². The minimum absolute atomic E-state index is 0.268. The summed E-state index contributed by atoms with van der Waals surface area (Å²) in [5, 5.41) is 16.0. The van der Waals surface area contributed by atoms with E-state index in [4.69, 9.17) is 0 Å². The monoisotopic (exact) mass is 313 g/mol. The lowest BCUT2D eigenvalue weighted by atomic mass is 9.76. The minimum Gasteiger partial charge on any atom is -0.508 e. The molecule has 0 spiro atoms. The highest BCUT2D eigenvalue weighted by molar-refractivity contribution is 5.96. The summed E-state index contributed by atoms with van der Waals surface area (Å²) in [7, 11) is 0. The summed E-state index contributed by atoms with van der Waals surface area (Å²) < 4.78 is 0. The van der Waals surface area contributed by atoms with Crippen LogP contribution in [0.15, 0.2) is 72.8 Å². The van der Waals surface area contributed by atoms with Crippen LogP contribution >= 0.6 is 0 Å². The fourth-order valence-corrected chi connectivity index (χ4v) is 4.35. The van der Waals surface area contributed by atoms with Crippen LogP contribution in [0.4, 0.5) is 5.69 Å². The molecule has 24 heavy (non-hydrogen) atoms. The number of aromatic hydroxyl groups is 1. The molecule has 2 aliphatic rings. The molecule has 3 aromatic carbocycles. The van der Waals surface area contributed by atoms with E-state index in [1.807, 2.05) is 12.1 Å². The first-order valence-corrected chi connectivity index (χ1v) is 8.55. The SMILES string of the molecule is Oc1ccc(C2Nc3c(ccc4ccccc34)C3C=CCC32)cc1. The third-order valence-corrected chi connectivity index (χ3v) is 5.51. The molecule has 0 fully saturated rings. The highest BCUT2D eigenvalue weighted by Gasteiger charge is 2.38. The number of rotatable bonds is 1. The molecule has 0 amide bonds. The van der Waals surface area contributed by atoms with E-state index in [1.54, 1.807) is 12.1 Å². The molecular formula is C22H19NO. The Morgan fingerprint density at radius 3 is 2.62 bits per heavy atom. The summed E-state index contributed by atoms with van der Waals surface area (Å²) in [5.74, 6) is 1.31. The zero-order valence-electron chi connectivity index (χ0n) is 13.3. The molecule has 5 rings (SSSR count). The molecule has 2 nitrogen and oxygen atoms in total. The molecule has 3 atom stereocenters. The molecule has 1 aliphatic heterocycles. The summed E-state index contributed by atoms with van der Waals surface area (Å²) in [5.41, 5.74) is 3.91. The molecule has 1 aliphatic carbocycles. The molecule has 0 radical (unpaired) electrons. The van der Waals surface area contributed by atoms with Gasteiger partial charge in [-0.25, -0.2) is 0 Å². The Bertz CT molecular complexity index is 942. The van der Waals surface area contributed by atoms with Gasteiger partial charge in [0, 0.05) is 17.0 Å². The largest absolute Gasteiger partial charge is 0.508 e. The Morgan fingerprint density at radius 2 is 1.75 bits per heavy atom. The van der Waals surface area contributed by atoms with Gasteiger partial charge in [-0.3, -0.25) is 0 Å². The maximum Gasteiger partial charge on any atom is 0.115 e. The third kappa shape index (κ3) is 1.96. The molecule has 3 unspecified atom stereocenters. The van der Waals surface area contributed by atoms with Crippen molar-refractivity contribution in [2.75, 3.05) is 5.32 Å². The molecule has 0 aromatic heterocycles. The number of nitrogens with one attached hydrogen (secondary N) is 1. The number of allylic oxidation sites excluding steroid dienone is 2. The van der Waals surface area contributed by atoms with Crippen LogP contribution in [0.25, 0.3) is 10.8 Å². The van der Waals surface area contributed by atoms with Crippen molar-refractivity contribution >= 4 is 16.5 Å². The topological polar surface area (TPSA) is 32.3 Å². The second kappa shape index (κ2) is 5.13. The van der Waals surface area contributed by atoms with Crippen LogP contribution in [-0.4, -0.2) is 5.11 Å². The number of phenolic OH excluding ortho intramolecular Hbond substituents is 1. The van der Waals surface area contributed by atoms with Crippen molar-refractivity contribution in [2.45, 2.75) is 18.4 Å². The lowest BCUT2D eigenvalue weighted by Crippen LogP contribution is -2.29. The Morgan fingerprint density at radius 1 is 0.917 bits per heavy atom. The second-order valence-electron chi connectivity index (χ2n) is 6.82. The van der Waals surface area contributed by atoms with E-state index in [2.05, 4.69) is 53.9 Å². The van der Waals surface area contributed by atoms with Crippen molar-refractivity contribution in [3.8, 4) is 5.75 Å². The first kappa shape index (κ1) is 13.7. The van der Waals surface area contributed by atoms with Crippen molar-refractivity contribution in [1.29, 1.82) is 0 Å². The average Bonchev–Trinajstić information content (AvgIpc) is 3.11. The predicted molar refractivity (Wildman–Crippen MR) is 98.4 cm³/mol. The van der Waals surface area contributed by atoms with Crippen LogP contribution in [0.1, 0.15) is 29.5 Å². The standard InChI is InChI=1S/C22H19NO/c24-16-11-8-15(9-12-16)21-19-7-3-6-18(19)20-13-10-14-4-1-2-5-17(14)22(20)23-21/h1-6,8-13,18-19,21,23-24H,7H2. The van der Waals surface area contributed by atoms with E-state index < -0.39 is 0 Å². The van der Waals surface area contributed by atoms with Gasteiger partial charge < -0.3 is 10.4 Å². The first-order chi connectivity index (χ1) is 11.8. The lowest BCUT2D eigenvalue weighted by Gasteiger charge is -2.38. The van der Waals surface area contributed by atoms with Crippen molar-refractivity contribution in [3.63, 3.8) is 0 Å². The molecule has 2 N–H and O–H groups in total. The summed E-state index contributed by atoms with van der Waals surface area (Å²) >= 11 is 0. The zero-order chi connectivity index (χ0) is 16.1. The summed E-state index contributed by atoms with van der Waals surface area (Å²) in [6.45, 7) is 0. The van der Waals surface area contributed by atoms with E-state index in [1.165, 1.54) is 27.6 Å². The van der Waals surface area contributed by atoms with Crippen molar-refractivity contribution in [1.82, 2.24) is 0 Å². The summed E-state index contributed by atoms with van der Waals surface area (Å²) in [6.07, 6.45) is 5.77. The third-order valence-electron chi connectivity index (χ3n) is 5.51. The van der Waals surface area contributed by atoms with Gasteiger partial charge in [0.1, 0.15) is 5.75 Å². The molecule has 1 heterocycles. The van der Waals surface area contributed by atoms with Gasteiger partial charge in [0.15, 0.2) is 0 Å². The highest BCUT2D eigenvalue weighted by Crippen LogP contribution is 2.51. The molecule has 0 saturated heterocycles. The van der Waals surface area contributed by atoms with Gasteiger partial charge in [0.25, 0.3) is 0 Å². The Hall–Kier alpha value is -2.74. The highest BCUT2D eigenvalue weighted by atomic mass is 16.3. The minimum atomic E-state index is 0.268. The van der Waals surface area contributed by atoms with Gasteiger partial charge in [-0.1, -0.05) is 60.7 Å². The molecule has 0 bridgehead atoms. The first-order valence-electron chi connectivity index (χ1n) is 8.55. The van der Waals surface area contributed by atoms with E-state index in [9.17, 15) is 5.11 Å². The Labute approximate surface area is 141 Å². The summed E-state index contributed by atoms with van der Waals surface area (Å²) in [4.78, 5) is 0. The smallest absolute Gasteiger partial charge is 0.115 e. The van der Waals surface area contributed by atoms with Crippen molar-refractivity contribution in [2.24, 2.45) is 5.92 Å². The van der Waals surface area contributed by atoms with Crippen LogP contribution in [0.3, 0.4) is 0 Å². The Kier molecular flexibility index (Phi) is 2.93. The quantitative estimate of drug-likeness (QED) is 0.592. The number of hydrogen-bond acceptors (Lipinski definition) is 2. The number of anilines is 1. The van der Waals surface area contributed by atoms with Crippen LogP contribution in [0, 0.1) is 5.92 Å². The number of fused-ring (bicyclic) bond motifs is 5. The van der Waals surface area contributed by atoms with Crippen LogP contribution < -0.4 is 5.32 Å². The fraction of sp³-hybridized carbons (Fsp3) is 0.182. The normalized spacial score (nSPS) is 24.4. The molecule has 2 heteroatoms. The van der Waals surface area contributed by atoms with Gasteiger partial charge in [-0.15, -0.1) is 0 Å². The van der Waals surface area contributed by atoms with Gasteiger partial charge in [-0.05, 0) is 41.0 Å². The average molecular weight is 313 g/mol. The molecule has 3 aromatic rings. The van der Waals surface area contributed by atoms with Crippen LogP contribution in [0.5, 0.6) is 5.75 Å². The van der Waals surface area contributed by atoms with Gasteiger partial charge in [-0.2, -0.15) is 0 Å². The maximum atomic E-state index is 9.61. The predicted octanol–water partition coefficient (Wildman–Crippen LogP) is 5.37.